The monoisotopic (exact) mass is 389 g/mol. The molecule has 0 heterocycles. The molecule has 3 N–H and O–H groups in total. The van der Waals surface area contributed by atoms with E-state index < -0.39 is 0 Å². The highest BCUT2D eigenvalue weighted by atomic mass is 35.5. The second-order valence-corrected chi connectivity index (χ2v) is 7.35. The highest BCUT2D eigenvalue weighted by Gasteiger charge is 2.06. The predicted octanol–water partition coefficient (Wildman–Crippen LogP) is 3.89. The molecule has 0 aliphatic heterocycles. The van der Waals surface area contributed by atoms with Gasteiger partial charge in [-0.15, -0.1) is 0 Å². The smallest absolute Gasteiger partial charge is 0.269 e. The molecule has 0 saturated heterocycles. The molecule has 0 fully saturated rings. The molecule has 0 bridgehead atoms. The van der Waals surface area contributed by atoms with Gasteiger partial charge < -0.3 is 5.32 Å². The predicted molar refractivity (Wildman–Crippen MR) is 111 cm³/mol. The maximum atomic E-state index is 12.1. The van der Waals surface area contributed by atoms with Gasteiger partial charge in [0, 0.05) is 17.1 Å². The SMILES string of the molecule is CC(C)Cc1ccc(C(=O)NNC(=S)NCCc2ccc(Cl)cc2)cc1. The largest absolute Gasteiger partial charge is 0.361 e. The Morgan fingerprint density at radius 3 is 2.23 bits per heavy atom. The Labute approximate surface area is 165 Å². The summed E-state index contributed by atoms with van der Waals surface area (Å²) in [6.07, 6.45) is 1.81. The summed E-state index contributed by atoms with van der Waals surface area (Å²) in [5.41, 5.74) is 8.31. The zero-order valence-corrected chi connectivity index (χ0v) is 16.6. The minimum absolute atomic E-state index is 0.219. The molecule has 0 spiro atoms. The first-order valence-electron chi connectivity index (χ1n) is 8.61. The molecule has 0 radical (unpaired) electrons. The van der Waals surface area contributed by atoms with Crippen molar-refractivity contribution in [1.29, 1.82) is 0 Å². The van der Waals surface area contributed by atoms with Gasteiger partial charge in [0.1, 0.15) is 0 Å². The highest BCUT2D eigenvalue weighted by Crippen LogP contribution is 2.10. The van der Waals surface area contributed by atoms with Crippen LogP contribution in [0.2, 0.25) is 5.02 Å². The van der Waals surface area contributed by atoms with Gasteiger partial charge in [-0.3, -0.25) is 15.6 Å². The quantitative estimate of drug-likeness (QED) is 0.518. The van der Waals surface area contributed by atoms with E-state index in [1.165, 1.54) is 5.56 Å². The molecule has 26 heavy (non-hydrogen) atoms. The maximum Gasteiger partial charge on any atom is 0.269 e. The number of rotatable bonds is 6. The van der Waals surface area contributed by atoms with E-state index >= 15 is 0 Å². The van der Waals surface area contributed by atoms with Crippen LogP contribution in [-0.4, -0.2) is 17.6 Å². The molecule has 2 aromatic carbocycles. The van der Waals surface area contributed by atoms with Crippen LogP contribution in [0.4, 0.5) is 0 Å². The Morgan fingerprint density at radius 2 is 1.62 bits per heavy atom. The van der Waals surface area contributed by atoms with Gasteiger partial charge in [-0.2, -0.15) is 0 Å². The molecular weight excluding hydrogens is 366 g/mol. The Morgan fingerprint density at radius 1 is 1.00 bits per heavy atom. The average Bonchev–Trinajstić information content (AvgIpc) is 2.61. The summed E-state index contributed by atoms with van der Waals surface area (Å²) in [4.78, 5) is 12.1. The second kappa shape index (κ2) is 10.1. The van der Waals surface area contributed by atoms with E-state index in [-0.39, 0.29) is 5.91 Å². The first kappa shape index (κ1) is 20.2. The van der Waals surface area contributed by atoms with Crippen molar-refractivity contribution in [3.8, 4) is 0 Å². The summed E-state index contributed by atoms with van der Waals surface area (Å²) in [6.45, 7) is 5.00. The third-order valence-corrected chi connectivity index (χ3v) is 4.26. The van der Waals surface area contributed by atoms with Gasteiger partial charge in [-0.1, -0.05) is 49.7 Å². The number of halogens is 1. The van der Waals surface area contributed by atoms with E-state index in [9.17, 15) is 4.79 Å². The number of carbonyl (C=O) groups is 1. The lowest BCUT2D eigenvalue weighted by Crippen LogP contribution is -2.47. The second-order valence-electron chi connectivity index (χ2n) is 6.51. The van der Waals surface area contributed by atoms with Crippen molar-refractivity contribution in [1.82, 2.24) is 16.2 Å². The van der Waals surface area contributed by atoms with Crippen LogP contribution in [0, 0.1) is 5.92 Å². The van der Waals surface area contributed by atoms with E-state index in [2.05, 4.69) is 30.0 Å². The van der Waals surface area contributed by atoms with Crippen LogP contribution in [0.25, 0.3) is 0 Å². The molecule has 0 aromatic heterocycles. The van der Waals surface area contributed by atoms with Gasteiger partial charge in [-0.25, -0.2) is 0 Å². The molecule has 0 atom stereocenters. The van der Waals surface area contributed by atoms with E-state index in [1.807, 2.05) is 48.5 Å². The minimum atomic E-state index is -0.219. The van der Waals surface area contributed by atoms with Gasteiger partial charge in [0.25, 0.3) is 5.91 Å². The number of carbonyl (C=O) groups excluding carboxylic acids is 1. The first-order chi connectivity index (χ1) is 12.4. The van der Waals surface area contributed by atoms with Crippen LogP contribution in [0.1, 0.15) is 35.3 Å². The molecule has 0 aliphatic carbocycles. The number of benzene rings is 2. The third kappa shape index (κ3) is 7.02. The summed E-state index contributed by atoms with van der Waals surface area (Å²) in [5, 5.41) is 4.16. The summed E-state index contributed by atoms with van der Waals surface area (Å²) in [7, 11) is 0. The summed E-state index contributed by atoms with van der Waals surface area (Å²) >= 11 is 11.0. The Bertz CT molecular complexity index is 730. The van der Waals surface area contributed by atoms with Crippen LogP contribution in [-0.2, 0) is 12.8 Å². The van der Waals surface area contributed by atoms with E-state index in [1.54, 1.807) is 0 Å². The fourth-order valence-corrected chi connectivity index (χ4v) is 2.74. The molecule has 6 heteroatoms. The van der Waals surface area contributed by atoms with Crippen LogP contribution < -0.4 is 16.2 Å². The summed E-state index contributed by atoms with van der Waals surface area (Å²) in [6, 6.07) is 15.3. The number of thiocarbonyl (C=S) groups is 1. The van der Waals surface area contributed by atoms with E-state index in [0.29, 0.717) is 23.1 Å². The van der Waals surface area contributed by atoms with Gasteiger partial charge in [0.2, 0.25) is 0 Å². The Hall–Kier alpha value is -2.11. The van der Waals surface area contributed by atoms with Gasteiger partial charge in [-0.05, 0) is 66.4 Å². The first-order valence-corrected chi connectivity index (χ1v) is 9.40. The van der Waals surface area contributed by atoms with Crippen molar-refractivity contribution in [2.75, 3.05) is 6.54 Å². The number of hydrogen-bond donors (Lipinski definition) is 3. The van der Waals surface area contributed by atoms with Crippen LogP contribution in [0.5, 0.6) is 0 Å². The number of hydrazine groups is 1. The lowest BCUT2D eigenvalue weighted by molar-refractivity contribution is 0.0943. The Kier molecular flexibility index (Phi) is 7.88. The maximum absolute atomic E-state index is 12.1. The standard InChI is InChI=1S/C20H24ClN3OS/c1-14(2)13-16-3-7-17(8-4-16)19(25)23-24-20(26)22-12-11-15-5-9-18(21)10-6-15/h3-10,14H,11-13H2,1-2H3,(H,23,25)(H2,22,24,26). The van der Waals surface area contributed by atoms with Crippen molar-refractivity contribution in [2.24, 2.45) is 5.92 Å². The van der Waals surface area contributed by atoms with Gasteiger partial charge in [0.15, 0.2) is 5.11 Å². The molecule has 0 aliphatic rings. The van der Waals surface area contributed by atoms with Crippen LogP contribution >= 0.6 is 23.8 Å². The van der Waals surface area contributed by atoms with Gasteiger partial charge >= 0.3 is 0 Å². The number of amides is 1. The number of hydrogen-bond acceptors (Lipinski definition) is 2. The van der Waals surface area contributed by atoms with Crippen molar-refractivity contribution in [3.63, 3.8) is 0 Å². The van der Waals surface area contributed by atoms with Crippen molar-refractivity contribution >= 4 is 34.8 Å². The molecule has 0 saturated carbocycles. The minimum Gasteiger partial charge on any atom is -0.361 e. The normalized spacial score (nSPS) is 10.5. The zero-order valence-electron chi connectivity index (χ0n) is 15.0. The summed E-state index contributed by atoms with van der Waals surface area (Å²) < 4.78 is 0. The van der Waals surface area contributed by atoms with Crippen LogP contribution in [0.15, 0.2) is 48.5 Å². The van der Waals surface area contributed by atoms with Crippen LogP contribution in [0.3, 0.4) is 0 Å². The fraction of sp³-hybridized carbons (Fsp3) is 0.300. The molecule has 138 valence electrons. The van der Waals surface area contributed by atoms with Crippen molar-refractivity contribution < 1.29 is 4.79 Å². The molecule has 2 rings (SSSR count). The van der Waals surface area contributed by atoms with Gasteiger partial charge in [0.05, 0.1) is 0 Å². The fourth-order valence-electron chi connectivity index (χ4n) is 2.46. The molecule has 4 nitrogen and oxygen atoms in total. The Balaban J connectivity index is 1.70. The third-order valence-electron chi connectivity index (χ3n) is 3.76. The number of nitrogens with one attached hydrogen (secondary N) is 3. The van der Waals surface area contributed by atoms with Crippen molar-refractivity contribution in [3.05, 3.63) is 70.2 Å². The lowest BCUT2D eigenvalue weighted by atomic mass is 10.0. The topological polar surface area (TPSA) is 53.2 Å². The molecular formula is C20H24ClN3OS. The zero-order chi connectivity index (χ0) is 18.9. The van der Waals surface area contributed by atoms with Crippen molar-refractivity contribution in [2.45, 2.75) is 26.7 Å². The summed E-state index contributed by atoms with van der Waals surface area (Å²) in [5.74, 6) is 0.371. The van der Waals surface area contributed by atoms with E-state index in [0.717, 1.165) is 23.4 Å². The average molecular weight is 390 g/mol. The molecule has 2 aromatic rings. The lowest BCUT2D eigenvalue weighted by Gasteiger charge is -2.12. The van der Waals surface area contributed by atoms with E-state index in [4.69, 9.17) is 23.8 Å². The molecule has 0 unspecified atom stereocenters. The molecule has 1 amide bonds. The highest BCUT2D eigenvalue weighted by molar-refractivity contribution is 7.80.